The highest BCUT2D eigenvalue weighted by atomic mass is 35.5. The van der Waals surface area contributed by atoms with Crippen LogP contribution in [-0.4, -0.2) is 28.8 Å². The van der Waals surface area contributed by atoms with Crippen LogP contribution < -0.4 is 5.32 Å². The molecule has 0 fully saturated rings. The Morgan fingerprint density at radius 1 is 1.33 bits per heavy atom. The smallest absolute Gasteiger partial charge is 0.327 e. The van der Waals surface area contributed by atoms with E-state index in [1.54, 1.807) is 18.3 Å². The Bertz CT molecular complexity index is 685. The lowest BCUT2D eigenvalue weighted by molar-refractivity contribution is -0.141. The van der Waals surface area contributed by atoms with Crippen LogP contribution in [0.2, 0.25) is 10.0 Å². The van der Waals surface area contributed by atoms with Crippen molar-refractivity contribution in [3.8, 4) is 0 Å². The van der Waals surface area contributed by atoms with E-state index >= 15 is 0 Å². The molecule has 0 unspecified atom stereocenters. The first-order chi connectivity index (χ1) is 9.99. The Kier molecular flexibility index (Phi) is 4.82. The number of hydrogen-bond donors (Lipinski definition) is 1. The van der Waals surface area contributed by atoms with Crippen molar-refractivity contribution in [2.75, 3.05) is 12.4 Å². The molecule has 0 bridgehead atoms. The Labute approximate surface area is 130 Å². The van der Waals surface area contributed by atoms with Crippen LogP contribution in [0.4, 0.5) is 5.82 Å². The molecule has 110 valence electrons. The van der Waals surface area contributed by atoms with E-state index in [2.05, 4.69) is 15.2 Å². The van der Waals surface area contributed by atoms with Gasteiger partial charge in [-0.15, -0.1) is 0 Å². The molecule has 0 spiro atoms. The Balaban J connectivity index is 2.07. The van der Waals surface area contributed by atoms with Crippen molar-refractivity contribution in [2.45, 2.75) is 6.54 Å². The lowest BCUT2D eigenvalue weighted by Crippen LogP contribution is -2.15. The largest absolute Gasteiger partial charge is 0.468 e. The van der Waals surface area contributed by atoms with Crippen LogP contribution in [0.1, 0.15) is 10.4 Å². The number of amides is 1. The number of rotatable bonds is 4. The third kappa shape index (κ3) is 3.96. The van der Waals surface area contributed by atoms with Crippen LogP contribution in [0, 0.1) is 0 Å². The zero-order valence-corrected chi connectivity index (χ0v) is 12.5. The van der Waals surface area contributed by atoms with Gasteiger partial charge < -0.3 is 10.1 Å². The van der Waals surface area contributed by atoms with Crippen LogP contribution in [0.25, 0.3) is 0 Å². The van der Waals surface area contributed by atoms with Crippen molar-refractivity contribution in [1.29, 1.82) is 0 Å². The minimum absolute atomic E-state index is 0.0337. The van der Waals surface area contributed by atoms with Crippen molar-refractivity contribution in [3.05, 3.63) is 46.1 Å². The molecule has 1 aromatic heterocycles. The predicted molar refractivity (Wildman–Crippen MR) is 78.7 cm³/mol. The average Bonchev–Trinajstić information content (AvgIpc) is 2.85. The first kappa shape index (κ1) is 15.3. The highest BCUT2D eigenvalue weighted by Gasteiger charge is 2.12. The fraction of sp³-hybridized carbons (Fsp3) is 0.154. The topological polar surface area (TPSA) is 73.2 Å². The van der Waals surface area contributed by atoms with Gasteiger partial charge in [0.1, 0.15) is 6.54 Å². The number of carbonyl (C=O) groups is 2. The maximum Gasteiger partial charge on any atom is 0.327 e. The molecule has 8 heteroatoms. The summed E-state index contributed by atoms with van der Waals surface area (Å²) in [4.78, 5) is 23.2. The second-order valence-electron chi connectivity index (χ2n) is 4.05. The first-order valence-electron chi connectivity index (χ1n) is 5.86. The number of aromatic nitrogens is 2. The van der Waals surface area contributed by atoms with E-state index in [4.69, 9.17) is 23.2 Å². The van der Waals surface area contributed by atoms with Crippen molar-refractivity contribution in [1.82, 2.24) is 9.78 Å². The SMILES string of the molecule is COC(=O)Cn1ccc(NC(=O)c2ccc(Cl)cc2Cl)n1. The number of anilines is 1. The van der Waals surface area contributed by atoms with E-state index in [1.807, 2.05) is 0 Å². The Hall–Kier alpha value is -2.05. The quantitative estimate of drug-likeness (QED) is 0.876. The van der Waals surface area contributed by atoms with Gasteiger partial charge in [-0.25, -0.2) is 0 Å². The number of benzene rings is 1. The summed E-state index contributed by atoms with van der Waals surface area (Å²) in [5.41, 5.74) is 0.281. The van der Waals surface area contributed by atoms with Gasteiger partial charge in [-0.3, -0.25) is 14.3 Å². The summed E-state index contributed by atoms with van der Waals surface area (Å²) in [5.74, 6) is -0.549. The molecule has 6 nitrogen and oxygen atoms in total. The number of nitrogens with zero attached hydrogens (tertiary/aromatic N) is 2. The number of methoxy groups -OCH3 is 1. The third-order valence-electron chi connectivity index (χ3n) is 2.58. The molecule has 0 aliphatic heterocycles. The zero-order valence-electron chi connectivity index (χ0n) is 11.0. The molecule has 0 saturated heterocycles. The summed E-state index contributed by atoms with van der Waals surface area (Å²) >= 11 is 11.7. The standard InChI is InChI=1S/C13H11Cl2N3O3/c1-21-12(19)7-18-5-4-11(17-18)16-13(20)9-3-2-8(14)6-10(9)15/h2-6H,7H2,1H3,(H,16,17,20). The highest BCUT2D eigenvalue weighted by Crippen LogP contribution is 2.21. The molecule has 1 amide bonds. The molecule has 0 aliphatic carbocycles. The van der Waals surface area contributed by atoms with Crippen LogP contribution in [0.5, 0.6) is 0 Å². The van der Waals surface area contributed by atoms with Gasteiger partial charge in [0, 0.05) is 17.3 Å². The number of nitrogens with one attached hydrogen (secondary N) is 1. The van der Waals surface area contributed by atoms with E-state index in [9.17, 15) is 9.59 Å². The number of esters is 1. The molecule has 21 heavy (non-hydrogen) atoms. The van der Waals surface area contributed by atoms with E-state index in [-0.39, 0.29) is 17.1 Å². The fourth-order valence-electron chi connectivity index (χ4n) is 1.57. The molecule has 2 aromatic rings. The second kappa shape index (κ2) is 6.60. The molecule has 1 aromatic carbocycles. The summed E-state index contributed by atoms with van der Waals surface area (Å²) in [5, 5.41) is 7.29. The van der Waals surface area contributed by atoms with Crippen LogP contribution >= 0.6 is 23.2 Å². The summed E-state index contributed by atoms with van der Waals surface area (Å²) in [6, 6.07) is 6.13. The van der Waals surface area contributed by atoms with Crippen LogP contribution in [0.15, 0.2) is 30.5 Å². The zero-order chi connectivity index (χ0) is 15.4. The maximum atomic E-state index is 12.1. The number of halogens is 2. The first-order valence-corrected chi connectivity index (χ1v) is 6.62. The van der Waals surface area contributed by atoms with Gasteiger partial charge in [-0.1, -0.05) is 23.2 Å². The Morgan fingerprint density at radius 3 is 2.76 bits per heavy atom. The normalized spacial score (nSPS) is 10.2. The second-order valence-corrected chi connectivity index (χ2v) is 4.90. The molecular weight excluding hydrogens is 317 g/mol. The monoisotopic (exact) mass is 327 g/mol. The molecule has 1 N–H and O–H groups in total. The number of carbonyl (C=O) groups excluding carboxylic acids is 2. The van der Waals surface area contributed by atoms with Gasteiger partial charge in [0.05, 0.1) is 17.7 Å². The van der Waals surface area contributed by atoms with E-state index in [0.29, 0.717) is 10.8 Å². The molecular formula is C13H11Cl2N3O3. The summed E-state index contributed by atoms with van der Waals surface area (Å²) in [7, 11) is 1.29. The van der Waals surface area contributed by atoms with Gasteiger partial charge in [-0.05, 0) is 18.2 Å². The molecule has 0 aliphatic rings. The van der Waals surface area contributed by atoms with E-state index in [1.165, 1.54) is 23.9 Å². The molecule has 0 radical (unpaired) electrons. The van der Waals surface area contributed by atoms with Gasteiger partial charge in [0.15, 0.2) is 5.82 Å². The minimum Gasteiger partial charge on any atom is -0.468 e. The van der Waals surface area contributed by atoms with Gasteiger partial charge in [0.2, 0.25) is 0 Å². The van der Waals surface area contributed by atoms with Crippen molar-refractivity contribution in [3.63, 3.8) is 0 Å². The molecule has 0 saturated carbocycles. The summed E-state index contributed by atoms with van der Waals surface area (Å²) < 4.78 is 5.88. The average molecular weight is 328 g/mol. The van der Waals surface area contributed by atoms with Crippen molar-refractivity contribution >= 4 is 40.9 Å². The predicted octanol–water partition coefficient (Wildman–Crippen LogP) is 2.62. The third-order valence-corrected chi connectivity index (χ3v) is 3.12. The summed E-state index contributed by atoms with van der Waals surface area (Å²) in [6.07, 6.45) is 1.55. The lowest BCUT2D eigenvalue weighted by atomic mass is 10.2. The number of ether oxygens (including phenoxy) is 1. The van der Waals surface area contributed by atoms with Crippen molar-refractivity contribution < 1.29 is 14.3 Å². The molecule has 1 heterocycles. The maximum absolute atomic E-state index is 12.1. The van der Waals surface area contributed by atoms with Gasteiger partial charge in [0.25, 0.3) is 5.91 Å². The van der Waals surface area contributed by atoms with Crippen LogP contribution in [0.3, 0.4) is 0 Å². The van der Waals surface area contributed by atoms with Gasteiger partial charge >= 0.3 is 5.97 Å². The number of hydrogen-bond acceptors (Lipinski definition) is 4. The van der Waals surface area contributed by atoms with Gasteiger partial charge in [-0.2, -0.15) is 5.10 Å². The van der Waals surface area contributed by atoms with E-state index < -0.39 is 11.9 Å². The van der Waals surface area contributed by atoms with Crippen LogP contribution in [-0.2, 0) is 16.1 Å². The molecule has 0 atom stereocenters. The lowest BCUT2D eigenvalue weighted by Gasteiger charge is -2.04. The molecule has 2 rings (SSSR count). The Morgan fingerprint density at radius 2 is 2.10 bits per heavy atom. The van der Waals surface area contributed by atoms with Crippen molar-refractivity contribution in [2.24, 2.45) is 0 Å². The van der Waals surface area contributed by atoms with E-state index in [0.717, 1.165) is 0 Å². The fourth-order valence-corrected chi connectivity index (χ4v) is 2.06. The summed E-state index contributed by atoms with van der Waals surface area (Å²) in [6.45, 7) is -0.0337. The highest BCUT2D eigenvalue weighted by molar-refractivity contribution is 6.37. The minimum atomic E-state index is -0.434.